The van der Waals surface area contributed by atoms with Crippen LogP contribution in [0.5, 0.6) is 0 Å². The van der Waals surface area contributed by atoms with Gasteiger partial charge >= 0.3 is 0 Å². The molecule has 1 heterocycles. The van der Waals surface area contributed by atoms with Crippen molar-refractivity contribution in [3.05, 3.63) is 48.0 Å². The molecule has 1 atom stereocenters. The van der Waals surface area contributed by atoms with E-state index in [1.165, 1.54) is 17.8 Å². The lowest BCUT2D eigenvalue weighted by Crippen LogP contribution is -2.26. The van der Waals surface area contributed by atoms with Crippen molar-refractivity contribution in [1.29, 1.82) is 0 Å². The predicted molar refractivity (Wildman–Crippen MR) is 81.4 cm³/mol. The summed E-state index contributed by atoms with van der Waals surface area (Å²) in [6.45, 7) is 4.18. The summed E-state index contributed by atoms with van der Waals surface area (Å²) < 4.78 is 15.4. The number of aromatic nitrogens is 2. The van der Waals surface area contributed by atoms with Crippen molar-refractivity contribution in [2.75, 3.05) is 5.75 Å². The highest BCUT2D eigenvalue weighted by atomic mass is 32.2. The first kappa shape index (κ1) is 15.1. The molecule has 0 aliphatic rings. The van der Waals surface area contributed by atoms with Gasteiger partial charge < -0.3 is 5.73 Å². The van der Waals surface area contributed by atoms with E-state index in [2.05, 4.69) is 18.9 Å². The number of hydrogen-bond donors (Lipinski definition) is 1. The van der Waals surface area contributed by atoms with E-state index in [1.54, 1.807) is 12.1 Å². The van der Waals surface area contributed by atoms with Crippen molar-refractivity contribution in [2.45, 2.75) is 37.2 Å². The average Bonchev–Trinajstić information content (AvgIpc) is 2.86. The molecule has 0 aliphatic carbocycles. The van der Waals surface area contributed by atoms with Crippen LogP contribution >= 0.6 is 11.8 Å². The Morgan fingerprint density at radius 3 is 2.70 bits per heavy atom. The molecular weight excluding hydrogens is 273 g/mol. The summed E-state index contributed by atoms with van der Waals surface area (Å²) in [5.74, 6) is 0.490. The lowest BCUT2D eigenvalue weighted by atomic mass is 10.2. The zero-order chi connectivity index (χ0) is 14.5. The molecule has 0 spiro atoms. The molecule has 108 valence electrons. The lowest BCUT2D eigenvalue weighted by Gasteiger charge is -2.10. The predicted octanol–water partition coefficient (Wildman–Crippen LogP) is 3.27. The van der Waals surface area contributed by atoms with Crippen LogP contribution in [0.2, 0.25) is 0 Å². The lowest BCUT2D eigenvalue weighted by molar-refractivity contribution is 0.523. The van der Waals surface area contributed by atoms with E-state index < -0.39 is 0 Å². The van der Waals surface area contributed by atoms with Gasteiger partial charge in [0, 0.05) is 35.3 Å². The number of halogens is 1. The van der Waals surface area contributed by atoms with E-state index in [1.807, 2.05) is 23.0 Å². The molecule has 1 aromatic heterocycles. The van der Waals surface area contributed by atoms with Crippen LogP contribution < -0.4 is 5.73 Å². The number of hydrogen-bond acceptors (Lipinski definition) is 3. The van der Waals surface area contributed by atoms with Crippen LogP contribution in [0.4, 0.5) is 4.39 Å². The summed E-state index contributed by atoms with van der Waals surface area (Å²) in [5, 5.41) is 4.48. The Balaban J connectivity index is 1.86. The summed E-state index contributed by atoms with van der Waals surface area (Å²) in [5.41, 5.74) is 7.08. The van der Waals surface area contributed by atoms with Gasteiger partial charge in [0.1, 0.15) is 5.82 Å². The number of rotatable bonds is 6. The quantitative estimate of drug-likeness (QED) is 0.831. The van der Waals surface area contributed by atoms with Crippen LogP contribution in [0.25, 0.3) is 0 Å². The second-order valence-corrected chi connectivity index (χ2v) is 6.15. The van der Waals surface area contributed by atoms with Gasteiger partial charge in [0.25, 0.3) is 0 Å². The van der Waals surface area contributed by atoms with Crippen molar-refractivity contribution in [3.63, 3.8) is 0 Å². The van der Waals surface area contributed by atoms with Gasteiger partial charge in [0.15, 0.2) is 0 Å². The second kappa shape index (κ2) is 6.90. The molecule has 1 aromatic carbocycles. The van der Waals surface area contributed by atoms with Gasteiger partial charge in [-0.15, -0.1) is 11.8 Å². The SMILES string of the molecule is CC(C)n1ccc(CC(N)CSc2ccccc2F)n1. The molecule has 0 saturated heterocycles. The van der Waals surface area contributed by atoms with Crippen LogP contribution in [-0.4, -0.2) is 21.6 Å². The summed E-state index contributed by atoms with van der Waals surface area (Å²) in [7, 11) is 0. The molecule has 0 radical (unpaired) electrons. The topological polar surface area (TPSA) is 43.8 Å². The number of nitrogens with zero attached hydrogens (tertiary/aromatic N) is 2. The summed E-state index contributed by atoms with van der Waals surface area (Å²) >= 11 is 1.45. The molecule has 0 aliphatic heterocycles. The molecule has 0 saturated carbocycles. The highest BCUT2D eigenvalue weighted by Gasteiger charge is 2.10. The molecule has 20 heavy (non-hydrogen) atoms. The number of nitrogens with two attached hydrogens (primary N) is 1. The maximum atomic E-state index is 13.5. The molecule has 5 heteroatoms. The number of thioether (sulfide) groups is 1. The van der Waals surface area contributed by atoms with Gasteiger partial charge in [0.2, 0.25) is 0 Å². The summed E-state index contributed by atoms with van der Waals surface area (Å²) in [6, 6.07) is 9.09. The molecular formula is C15H20FN3S. The molecule has 1 unspecified atom stereocenters. The fraction of sp³-hybridized carbons (Fsp3) is 0.400. The first-order valence-corrected chi connectivity index (χ1v) is 7.71. The van der Waals surface area contributed by atoms with Crippen molar-refractivity contribution in [3.8, 4) is 0 Å². The molecule has 0 fully saturated rings. The Kier molecular flexibility index (Phi) is 5.20. The fourth-order valence-electron chi connectivity index (χ4n) is 1.86. The third-order valence-corrected chi connectivity index (χ3v) is 4.19. The Morgan fingerprint density at radius 2 is 2.05 bits per heavy atom. The minimum atomic E-state index is -0.186. The van der Waals surface area contributed by atoms with Gasteiger partial charge in [-0.1, -0.05) is 12.1 Å². The number of benzene rings is 1. The van der Waals surface area contributed by atoms with E-state index in [-0.39, 0.29) is 11.9 Å². The second-order valence-electron chi connectivity index (χ2n) is 5.09. The van der Waals surface area contributed by atoms with Crippen molar-refractivity contribution >= 4 is 11.8 Å². The molecule has 0 amide bonds. The first-order chi connectivity index (χ1) is 9.56. The normalized spacial score (nSPS) is 12.8. The molecule has 2 rings (SSSR count). The van der Waals surface area contributed by atoms with Crippen LogP contribution in [0.3, 0.4) is 0 Å². The van der Waals surface area contributed by atoms with Gasteiger partial charge in [-0.25, -0.2) is 4.39 Å². The van der Waals surface area contributed by atoms with Gasteiger partial charge in [-0.05, 0) is 32.0 Å². The van der Waals surface area contributed by atoms with Crippen molar-refractivity contribution < 1.29 is 4.39 Å². The largest absolute Gasteiger partial charge is 0.327 e. The Labute approximate surface area is 123 Å². The van der Waals surface area contributed by atoms with Crippen LogP contribution in [0.1, 0.15) is 25.6 Å². The molecule has 2 N–H and O–H groups in total. The van der Waals surface area contributed by atoms with Crippen LogP contribution in [0.15, 0.2) is 41.4 Å². The Hall–Kier alpha value is -1.33. The molecule has 3 nitrogen and oxygen atoms in total. The minimum Gasteiger partial charge on any atom is -0.327 e. The van der Waals surface area contributed by atoms with E-state index in [4.69, 9.17) is 5.73 Å². The maximum absolute atomic E-state index is 13.5. The standard InChI is InChI=1S/C15H20FN3S/c1-11(2)19-8-7-13(18-19)9-12(17)10-20-15-6-4-3-5-14(15)16/h3-8,11-12H,9-10,17H2,1-2H3. The maximum Gasteiger partial charge on any atom is 0.136 e. The molecule has 0 bridgehead atoms. The third kappa shape index (κ3) is 4.08. The third-order valence-electron chi connectivity index (χ3n) is 2.95. The Bertz CT molecular complexity index is 554. The van der Waals surface area contributed by atoms with E-state index in [9.17, 15) is 4.39 Å². The first-order valence-electron chi connectivity index (χ1n) is 6.73. The summed E-state index contributed by atoms with van der Waals surface area (Å²) in [4.78, 5) is 0.649. The molecule has 2 aromatic rings. The van der Waals surface area contributed by atoms with Crippen molar-refractivity contribution in [2.24, 2.45) is 5.73 Å². The Morgan fingerprint density at radius 1 is 1.30 bits per heavy atom. The highest BCUT2D eigenvalue weighted by molar-refractivity contribution is 7.99. The van der Waals surface area contributed by atoms with Crippen LogP contribution in [-0.2, 0) is 6.42 Å². The van der Waals surface area contributed by atoms with Crippen molar-refractivity contribution in [1.82, 2.24) is 9.78 Å². The van der Waals surface area contributed by atoms with E-state index >= 15 is 0 Å². The average molecular weight is 293 g/mol. The zero-order valence-electron chi connectivity index (χ0n) is 11.8. The zero-order valence-corrected chi connectivity index (χ0v) is 12.6. The fourth-order valence-corrected chi connectivity index (χ4v) is 2.75. The van der Waals surface area contributed by atoms with Gasteiger partial charge in [-0.3, -0.25) is 4.68 Å². The van der Waals surface area contributed by atoms with Gasteiger partial charge in [0.05, 0.1) is 5.69 Å². The van der Waals surface area contributed by atoms with E-state index in [0.29, 0.717) is 23.1 Å². The smallest absolute Gasteiger partial charge is 0.136 e. The van der Waals surface area contributed by atoms with E-state index in [0.717, 1.165) is 5.69 Å². The van der Waals surface area contributed by atoms with Gasteiger partial charge in [-0.2, -0.15) is 5.10 Å². The highest BCUT2D eigenvalue weighted by Crippen LogP contribution is 2.22. The van der Waals surface area contributed by atoms with Crippen LogP contribution in [0, 0.1) is 5.82 Å². The summed E-state index contributed by atoms with van der Waals surface area (Å²) in [6.07, 6.45) is 2.68. The minimum absolute atomic E-state index is 0.0323. The monoisotopic (exact) mass is 293 g/mol.